The molecule has 3 rings (SSSR count). The Morgan fingerprint density at radius 1 is 0.933 bits per heavy atom. The maximum absolute atomic E-state index is 6.56. The highest BCUT2D eigenvalue weighted by Gasteiger charge is 2.39. The molecule has 0 aromatic heterocycles. The minimum absolute atomic E-state index is 0.998. The fraction of sp³-hybridized carbons (Fsp3) is 0.667. The molecule has 0 saturated carbocycles. The Bertz CT molecular complexity index is 755. The van der Waals surface area contributed by atoms with E-state index in [4.69, 9.17) is 16.8 Å². The zero-order valence-corrected chi connectivity index (χ0v) is 22.7. The Hall–Kier alpha value is -0.0900. The molecule has 6 nitrogen and oxygen atoms in total. The van der Waals surface area contributed by atoms with Gasteiger partial charge >= 0.3 is 0 Å². The molecular formula is C21H36IN6PS. The van der Waals surface area contributed by atoms with Crippen molar-refractivity contribution in [1.29, 1.82) is 0 Å². The van der Waals surface area contributed by atoms with E-state index in [-0.39, 0.29) is 0 Å². The van der Waals surface area contributed by atoms with Gasteiger partial charge in [0.1, 0.15) is 6.34 Å². The van der Waals surface area contributed by atoms with Crippen molar-refractivity contribution in [3.63, 3.8) is 0 Å². The van der Waals surface area contributed by atoms with Crippen LogP contribution < -0.4 is 0 Å². The topological polar surface area (TPSA) is 28.6 Å². The summed E-state index contributed by atoms with van der Waals surface area (Å²) in [6.07, 6.45) is -2.16. The second kappa shape index (κ2) is 11.2. The maximum Gasteiger partial charge on any atom is 0.167 e. The van der Waals surface area contributed by atoms with Crippen LogP contribution in [0.25, 0.3) is 0 Å². The molecule has 2 heterocycles. The van der Waals surface area contributed by atoms with E-state index in [2.05, 4.69) is 98.8 Å². The Balaban J connectivity index is 1.97. The first kappa shape index (κ1) is 24.6. The maximum atomic E-state index is 6.56. The predicted octanol–water partition coefficient (Wildman–Crippen LogP) is 3.42. The molecule has 0 N–H and O–H groups in total. The molecule has 0 aliphatic carbocycles. The molecule has 2 aliphatic heterocycles. The molecule has 2 aliphatic rings. The van der Waals surface area contributed by atoms with Crippen LogP contribution in [0.2, 0.25) is 0 Å². The van der Waals surface area contributed by atoms with Crippen molar-refractivity contribution in [3.05, 3.63) is 27.8 Å². The van der Waals surface area contributed by atoms with Crippen LogP contribution in [0.5, 0.6) is 0 Å². The summed E-state index contributed by atoms with van der Waals surface area (Å²) >= 11 is 8.91. The summed E-state index contributed by atoms with van der Waals surface area (Å²) in [4.78, 5) is 12.8. The van der Waals surface area contributed by atoms with Crippen LogP contribution in [0.3, 0.4) is 0 Å². The van der Waals surface area contributed by atoms with Crippen molar-refractivity contribution in [2.24, 2.45) is 4.99 Å². The molecule has 1 aromatic rings. The van der Waals surface area contributed by atoms with Gasteiger partial charge < -0.3 is 14.7 Å². The van der Waals surface area contributed by atoms with Gasteiger partial charge in [-0.05, 0) is 74.0 Å². The molecule has 2 fully saturated rings. The number of hydrogen-bond acceptors (Lipinski definition) is 4. The number of likely N-dealkylation sites (N-methyl/N-ethyl adjacent to an activating group) is 2. The molecule has 0 amide bonds. The summed E-state index contributed by atoms with van der Waals surface area (Å²) < 4.78 is 6.08. The Morgan fingerprint density at radius 3 is 1.90 bits per heavy atom. The van der Waals surface area contributed by atoms with Crippen LogP contribution in [0, 0.1) is 3.57 Å². The van der Waals surface area contributed by atoms with E-state index in [1.807, 2.05) is 0 Å². The van der Waals surface area contributed by atoms with Gasteiger partial charge in [0.05, 0.1) is 5.69 Å². The van der Waals surface area contributed by atoms with Gasteiger partial charge in [0.2, 0.25) is 0 Å². The van der Waals surface area contributed by atoms with Crippen molar-refractivity contribution in [3.8, 4) is 0 Å². The molecule has 0 radical (unpaired) electrons. The average Bonchev–Trinajstić information content (AvgIpc) is 2.78. The first-order valence-corrected chi connectivity index (χ1v) is 14.7. The van der Waals surface area contributed by atoms with Crippen molar-refractivity contribution in [2.75, 3.05) is 79.5 Å². The number of nitrogens with zero attached hydrogens (tertiary/aromatic N) is 6. The molecule has 0 spiro atoms. The summed E-state index contributed by atoms with van der Waals surface area (Å²) in [5.41, 5.74) is 2.12. The van der Waals surface area contributed by atoms with Crippen molar-refractivity contribution in [2.45, 2.75) is 13.8 Å². The number of benzene rings is 1. The van der Waals surface area contributed by atoms with E-state index < -0.39 is 6.34 Å². The van der Waals surface area contributed by atoms with E-state index in [9.17, 15) is 0 Å². The van der Waals surface area contributed by atoms with Gasteiger partial charge in [0.25, 0.3) is 0 Å². The molecule has 9 heteroatoms. The molecule has 2 saturated heterocycles. The minimum Gasteiger partial charge on any atom is -0.351 e. The zero-order valence-electron chi connectivity index (χ0n) is 18.8. The molecule has 1 atom stereocenters. The molecule has 30 heavy (non-hydrogen) atoms. The van der Waals surface area contributed by atoms with Gasteiger partial charge in [-0.15, -0.1) is 0 Å². The smallest absolute Gasteiger partial charge is 0.167 e. The second-order valence-corrected chi connectivity index (χ2v) is 13.7. The largest absolute Gasteiger partial charge is 0.351 e. The fourth-order valence-electron chi connectivity index (χ4n) is 4.10. The van der Waals surface area contributed by atoms with E-state index in [1.165, 1.54) is 3.57 Å². The first-order valence-electron chi connectivity index (χ1n) is 11.0. The van der Waals surface area contributed by atoms with E-state index in [0.717, 1.165) is 76.7 Å². The predicted molar refractivity (Wildman–Crippen MR) is 142 cm³/mol. The van der Waals surface area contributed by atoms with Crippen LogP contribution in [-0.4, -0.2) is 109 Å². The average molecular weight is 563 g/mol. The number of amidine groups is 1. The van der Waals surface area contributed by atoms with Gasteiger partial charge in [0, 0.05) is 55.9 Å². The number of aliphatic imine (C=N–C) groups is 1. The number of piperazine rings is 2. The summed E-state index contributed by atoms with van der Waals surface area (Å²) in [5, 5.41) is 0. The van der Waals surface area contributed by atoms with E-state index in [1.54, 1.807) is 0 Å². The highest BCUT2D eigenvalue weighted by atomic mass is 127. The second-order valence-electron chi connectivity index (χ2n) is 8.09. The van der Waals surface area contributed by atoms with Gasteiger partial charge in [-0.3, -0.25) is 9.34 Å². The highest BCUT2D eigenvalue weighted by Crippen LogP contribution is 2.55. The lowest BCUT2D eigenvalue weighted by molar-refractivity contribution is 0.187. The van der Waals surface area contributed by atoms with Crippen molar-refractivity contribution in [1.82, 2.24) is 24.0 Å². The normalized spacial score (nSPS) is 22.5. The van der Waals surface area contributed by atoms with E-state index in [0.29, 0.717) is 0 Å². The lowest BCUT2D eigenvalue weighted by Crippen LogP contribution is -2.52. The standard InChI is InChI=1S/C21H36IN6PS/c1-5-25-11-15-27(16-12-25)21(23-20-9-7-19(22)8-10-20)29(30,24(3)4)28-17-13-26(6-2)14-18-28/h7-10H,5-6,11-18H2,1-4H3. The molecule has 1 unspecified atom stereocenters. The lowest BCUT2D eigenvalue weighted by atomic mass is 10.3. The summed E-state index contributed by atoms with van der Waals surface area (Å²) in [7, 11) is 4.30. The molecule has 1 aromatic carbocycles. The number of rotatable bonds is 6. The van der Waals surface area contributed by atoms with Crippen LogP contribution in [0.15, 0.2) is 29.3 Å². The molecular weight excluding hydrogens is 526 g/mol. The van der Waals surface area contributed by atoms with E-state index >= 15 is 0 Å². The Kier molecular flexibility index (Phi) is 9.14. The first-order chi connectivity index (χ1) is 14.4. The number of halogens is 1. The minimum atomic E-state index is -2.16. The van der Waals surface area contributed by atoms with Gasteiger partial charge in [0.15, 0.2) is 5.58 Å². The summed E-state index contributed by atoms with van der Waals surface area (Å²) in [5.74, 6) is 0. The number of hydrogen-bond donors (Lipinski definition) is 0. The fourth-order valence-corrected chi connectivity index (χ4v) is 8.07. The summed E-state index contributed by atoms with van der Waals surface area (Å²) in [6, 6.07) is 8.50. The zero-order chi connectivity index (χ0) is 21.7. The SMILES string of the molecule is CCN1CCN(C(=Nc2ccc(I)cc2)P(=S)(N(C)C)N2CCN(CC)CC2)CC1. The summed E-state index contributed by atoms with van der Waals surface area (Å²) in [6.45, 7) is 15.1. The van der Waals surface area contributed by atoms with Crippen molar-refractivity contribution < 1.29 is 0 Å². The monoisotopic (exact) mass is 562 g/mol. The third-order valence-corrected chi connectivity index (χ3v) is 12.2. The van der Waals surface area contributed by atoms with Gasteiger partial charge in [-0.25, -0.2) is 4.99 Å². The van der Waals surface area contributed by atoms with Gasteiger partial charge in [-0.1, -0.05) is 25.7 Å². The van der Waals surface area contributed by atoms with Gasteiger partial charge in [-0.2, -0.15) is 0 Å². The molecule has 0 bridgehead atoms. The highest BCUT2D eigenvalue weighted by molar-refractivity contribution is 14.1. The molecule has 168 valence electrons. The Labute approximate surface area is 201 Å². The van der Waals surface area contributed by atoms with Crippen LogP contribution in [-0.2, 0) is 11.8 Å². The van der Waals surface area contributed by atoms with Crippen LogP contribution in [0.1, 0.15) is 13.8 Å². The quantitative estimate of drug-likeness (QED) is 0.229. The van der Waals surface area contributed by atoms with Crippen LogP contribution in [0.4, 0.5) is 5.69 Å². The Morgan fingerprint density at radius 2 is 1.43 bits per heavy atom. The third-order valence-electron chi connectivity index (χ3n) is 6.14. The third kappa shape index (κ3) is 5.63. The lowest BCUT2D eigenvalue weighted by Gasteiger charge is -2.47. The van der Waals surface area contributed by atoms with Crippen LogP contribution >= 0.6 is 28.9 Å². The van der Waals surface area contributed by atoms with Crippen molar-refractivity contribution >= 4 is 52.0 Å².